The summed E-state index contributed by atoms with van der Waals surface area (Å²) in [4.78, 5) is 11.6. The molecule has 1 rings (SSSR count). The minimum Gasteiger partial charge on any atom is -0.363 e. The summed E-state index contributed by atoms with van der Waals surface area (Å²) in [5.74, 6) is -1.32. The van der Waals surface area contributed by atoms with Crippen molar-refractivity contribution in [3.05, 3.63) is 29.8 Å². The number of halogens is 2. The van der Waals surface area contributed by atoms with Gasteiger partial charge in [-0.1, -0.05) is 0 Å². The van der Waals surface area contributed by atoms with Gasteiger partial charge in [-0.15, -0.1) is 0 Å². The van der Waals surface area contributed by atoms with E-state index < -0.39 is 17.5 Å². The molecule has 116 valence electrons. The third-order valence-electron chi connectivity index (χ3n) is 2.42. The summed E-state index contributed by atoms with van der Waals surface area (Å²) in [5, 5.41) is 8.54. The van der Waals surface area contributed by atoms with Crippen LogP contribution in [0.5, 0.6) is 0 Å². The average Bonchev–Trinajstić information content (AvgIpc) is 2.45. The Hall–Kier alpha value is -1.41. The van der Waals surface area contributed by atoms with Crippen molar-refractivity contribution in [3.63, 3.8) is 0 Å². The summed E-state index contributed by atoms with van der Waals surface area (Å²) in [6.07, 6.45) is 3.00. The predicted octanol–water partition coefficient (Wildman–Crippen LogP) is 2.12. The fraction of sp³-hybridized carbons (Fsp3) is 0.385. The Morgan fingerprint density at radius 1 is 1.29 bits per heavy atom. The molecule has 0 radical (unpaired) electrons. The highest BCUT2D eigenvalue weighted by Crippen LogP contribution is 2.12. The molecule has 3 N–H and O–H groups in total. The molecule has 0 saturated carbocycles. The van der Waals surface area contributed by atoms with Crippen LogP contribution in [0.1, 0.15) is 6.42 Å². The van der Waals surface area contributed by atoms with Crippen LogP contribution in [0, 0.1) is 11.6 Å². The molecule has 1 aromatic carbocycles. The van der Waals surface area contributed by atoms with Crippen LogP contribution in [0.3, 0.4) is 0 Å². The molecular weight excluding hydrogens is 316 g/mol. The van der Waals surface area contributed by atoms with Crippen LogP contribution in [0.15, 0.2) is 18.2 Å². The number of thiocarbonyl (C=S) groups is 1. The van der Waals surface area contributed by atoms with E-state index in [9.17, 15) is 13.6 Å². The normalized spacial score (nSPS) is 10.0. The van der Waals surface area contributed by atoms with Gasteiger partial charge in [0.25, 0.3) is 0 Å². The van der Waals surface area contributed by atoms with Gasteiger partial charge in [0.1, 0.15) is 0 Å². The Bertz CT molecular complexity index is 500. The topological polar surface area (TPSA) is 53.2 Å². The summed E-state index contributed by atoms with van der Waals surface area (Å²) in [6.45, 7) is 0.685. The second-order valence-electron chi connectivity index (χ2n) is 4.13. The number of hydrogen-bond donors (Lipinski definition) is 3. The monoisotopic (exact) mass is 333 g/mol. The van der Waals surface area contributed by atoms with Crippen molar-refractivity contribution in [2.45, 2.75) is 6.42 Å². The van der Waals surface area contributed by atoms with E-state index in [0.717, 1.165) is 30.9 Å². The SMILES string of the molecule is CSCCCNC(=S)NCC(=O)Nc1ccc(F)c(F)c1. The summed E-state index contributed by atoms with van der Waals surface area (Å²) in [5.41, 5.74) is 0.194. The lowest BCUT2D eigenvalue weighted by atomic mass is 10.3. The van der Waals surface area contributed by atoms with E-state index in [-0.39, 0.29) is 12.2 Å². The number of carbonyl (C=O) groups excluding carboxylic acids is 1. The lowest BCUT2D eigenvalue weighted by Gasteiger charge is -2.10. The lowest BCUT2D eigenvalue weighted by molar-refractivity contribution is -0.115. The fourth-order valence-electron chi connectivity index (χ4n) is 1.42. The molecular formula is C13H17F2N3OS2. The Balaban J connectivity index is 2.27. The number of rotatable bonds is 7. The Labute approximate surface area is 132 Å². The largest absolute Gasteiger partial charge is 0.363 e. The quantitative estimate of drug-likeness (QED) is 0.527. The molecule has 0 aliphatic heterocycles. The molecule has 1 amide bonds. The van der Waals surface area contributed by atoms with Gasteiger partial charge in [-0.05, 0) is 42.8 Å². The van der Waals surface area contributed by atoms with E-state index >= 15 is 0 Å². The fourth-order valence-corrected chi connectivity index (χ4v) is 2.03. The van der Waals surface area contributed by atoms with E-state index in [1.54, 1.807) is 11.8 Å². The first-order valence-corrected chi connectivity index (χ1v) is 8.08. The molecule has 0 saturated heterocycles. The second-order valence-corrected chi connectivity index (χ2v) is 5.53. The van der Waals surface area contributed by atoms with Gasteiger partial charge in [0.15, 0.2) is 16.7 Å². The van der Waals surface area contributed by atoms with Crippen molar-refractivity contribution in [2.75, 3.05) is 30.4 Å². The highest BCUT2D eigenvalue weighted by atomic mass is 32.2. The third kappa shape index (κ3) is 7.24. The van der Waals surface area contributed by atoms with Gasteiger partial charge in [-0.2, -0.15) is 11.8 Å². The number of amides is 1. The van der Waals surface area contributed by atoms with Crippen molar-refractivity contribution in [1.82, 2.24) is 10.6 Å². The van der Waals surface area contributed by atoms with Crippen LogP contribution < -0.4 is 16.0 Å². The average molecular weight is 333 g/mol. The van der Waals surface area contributed by atoms with Gasteiger partial charge in [-0.25, -0.2) is 8.78 Å². The zero-order chi connectivity index (χ0) is 15.7. The second kappa shape index (κ2) is 9.51. The smallest absolute Gasteiger partial charge is 0.243 e. The van der Waals surface area contributed by atoms with Crippen LogP contribution in [0.25, 0.3) is 0 Å². The van der Waals surface area contributed by atoms with E-state index in [0.29, 0.717) is 5.11 Å². The zero-order valence-corrected chi connectivity index (χ0v) is 13.2. The van der Waals surface area contributed by atoms with Crippen molar-refractivity contribution < 1.29 is 13.6 Å². The van der Waals surface area contributed by atoms with Gasteiger partial charge >= 0.3 is 0 Å². The number of anilines is 1. The zero-order valence-electron chi connectivity index (χ0n) is 11.5. The van der Waals surface area contributed by atoms with Gasteiger partial charge in [0, 0.05) is 18.3 Å². The Morgan fingerprint density at radius 2 is 2.05 bits per heavy atom. The molecule has 0 aliphatic rings. The lowest BCUT2D eigenvalue weighted by Crippen LogP contribution is -2.40. The van der Waals surface area contributed by atoms with Crippen LogP contribution >= 0.6 is 24.0 Å². The minimum atomic E-state index is -1.01. The molecule has 0 unspecified atom stereocenters. The molecule has 1 aromatic rings. The molecule has 0 heterocycles. The maximum absolute atomic E-state index is 13.0. The molecule has 0 bridgehead atoms. The van der Waals surface area contributed by atoms with Gasteiger partial charge in [0.05, 0.1) is 6.54 Å². The number of carbonyl (C=O) groups is 1. The Morgan fingerprint density at radius 3 is 2.71 bits per heavy atom. The van der Waals surface area contributed by atoms with Crippen LogP contribution in [0.4, 0.5) is 14.5 Å². The van der Waals surface area contributed by atoms with E-state index in [2.05, 4.69) is 16.0 Å². The molecule has 21 heavy (non-hydrogen) atoms. The summed E-state index contributed by atoms with van der Waals surface area (Å²) >= 11 is 6.76. The van der Waals surface area contributed by atoms with Crippen molar-refractivity contribution in [2.24, 2.45) is 0 Å². The highest BCUT2D eigenvalue weighted by molar-refractivity contribution is 7.98. The molecule has 0 aromatic heterocycles. The highest BCUT2D eigenvalue weighted by Gasteiger charge is 2.06. The van der Waals surface area contributed by atoms with E-state index in [1.807, 2.05) is 6.26 Å². The number of thioether (sulfide) groups is 1. The van der Waals surface area contributed by atoms with Crippen molar-refractivity contribution in [3.8, 4) is 0 Å². The maximum Gasteiger partial charge on any atom is 0.243 e. The molecule has 8 heteroatoms. The van der Waals surface area contributed by atoms with E-state index in [4.69, 9.17) is 12.2 Å². The molecule has 4 nitrogen and oxygen atoms in total. The molecule has 0 spiro atoms. The van der Waals surface area contributed by atoms with Crippen LogP contribution in [-0.4, -0.2) is 36.1 Å². The number of hydrogen-bond acceptors (Lipinski definition) is 3. The summed E-state index contributed by atoms with van der Waals surface area (Å²) < 4.78 is 25.7. The summed E-state index contributed by atoms with van der Waals surface area (Å²) in [7, 11) is 0. The van der Waals surface area contributed by atoms with Gasteiger partial charge < -0.3 is 16.0 Å². The summed E-state index contributed by atoms with van der Waals surface area (Å²) in [6, 6.07) is 3.16. The van der Waals surface area contributed by atoms with Crippen LogP contribution in [0.2, 0.25) is 0 Å². The standard InChI is InChI=1S/C13H17F2N3OS2/c1-21-6-2-5-16-13(20)17-8-12(19)18-9-3-4-10(14)11(15)7-9/h3-4,7H,2,5-6,8H2,1H3,(H,18,19)(H2,16,17,20). The number of benzene rings is 1. The first-order valence-electron chi connectivity index (χ1n) is 6.28. The molecule has 0 aliphatic carbocycles. The third-order valence-corrected chi connectivity index (χ3v) is 3.41. The van der Waals surface area contributed by atoms with Crippen LogP contribution in [-0.2, 0) is 4.79 Å². The van der Waals surface area contributed by atoms with E-state index in [1.165, 1.54) is 6.07 Å². The van der Waals surface area contributed by atoms with Crippen molar-refractivity contribution in [1.29, 1.82) is 0 Å². The molecule has 0 fully saturated rings. The predicted molar refractivity (Wildman–Crippen MR) is 86.6 cm³/mol. The van der Waals surface area contributed by atoms with Gasteiger partial charge in [0.2, 0.25) is 5.91 Å². The first kappa shape index (κ1) is 17.6. The maximum atomic E-state index is 13.0. The molecule has 0 atom stereocenters. The minimum absolute atomic E-state index is 0.0483. The van der Waals surface area contributed by atoms with Gasteiger partial charge in [-0.3, -0.25) is 4.79 Å². The first-order chi connectivity index (χ1) is 10.0. The Kier molecular flexibility index (Phi) is 7.99. The van der Waals surface area contributed by atoms with Crippen molar-refractivity contribution >= 4 is 40.7 Å². The number of nitrogens with one attached hydrogen (secondary N) is 3.